The smallest absolute Gasteiger partial charge is 0.123 e. The minimum atomic E-state index is -0.150. The Morgan fingerprint density at radius 3 is 2.68 bits per heavy atom. The first-order chi connectivity index (χ1) is 8.85. The Morgan fingerprint density at radius 2 is 2.05 bits per heavy atom. The van der Waals surface area contributed by atoms with Crippen LogP contribution in [0.15, 0.2) is 24.3 Å². The van der Waals surface area contributed by atoms with Gasteiger partial charge in [0.05, 0.1) is 0 Å². The molecule has 0 heterocycles. The van der Waals surface area contributed by atoms with E-state index in [1.54, 1.807) is 12.1 Å². The summed E-state index contributed by atoms with van der Waals surface area (Å²) in [6.07, 6.45) is 3.74. The van der Waals surface area contributed by atoms with Gasteiger partial charge in [-0.25, -0.2) is 4.39 Å². The number of rotatable bonds is 3. The molecule has 1 fully saturated rings. The molecule has 3 atom stereocenters. The highest BCUT2D eigenvalue weighted by atomic mass is 19.1. The second-order valence-corrected chi connectivity index (χ2v) is 7.05. The molecule has 106 valence electrons. The SMILES string of the molecule is CC1CC(N[C@H](C)c2cccc(F)c2)CC(C)(C)C1. The molecule has 1 aliphatic carbocycles. The molecule has 0 radical (unpaired) electrons. The van der Waals surface area contributed by atoms with Crippen LogP contribution in [0.1, 0.15) is 58.6 Å². The fourth-order valence-corrected chi connectivity index (χ4v) is 3.70. The molecule has 0 bridgehead atoms. The highest BCUT2D eigenvalue weighted by molar-refractivity contribution is 5.19. The first kappa shape index (κ1) is 14.5. The van der Waals surface area contributed by atoms with Gasteiger partial charge in [-0.3, -0.25) is 0 Å². The number of halogens is 1. The van der Waals surface area contributed by atoms with E-state index in [2.05, 4.69) is 33.0 Å². The van der Waals surface area contributed by atoms with Gasteiger partial charge in [-0.05, 0) is 55.2 Å². The molecule has 1 aromatic carbocycles. The average molecular weight is 263 g/mol. The number of hydrogen-bond acceptors (Lipinski definition) is 1. The standard InChI is InChI=1S/C17H26FN/c1-12-8-16(11-17(3,4)10-12)19-13(2)14-6-5-7-15(18)9-14/h5-7,9,12-13,16,19H,8,10-11H2,1-4H3/t12?,13-,16?/m1/s1. The van der Waals surface area contributed by atoms with E-state index in [1.807, 2.05) is 6.07 Å². The van der Waals surface area contributed by atoms with E-state index in [0.29, 0.717) is 11.5 Å². The molecule has 1 N–H and O–H groups in total. The first-order valence-electron chi connectivity index (χ1n) is 7.37. The van der Waals surface area contributed by atoms with Crippen LogP contribution in [0, 0.1) is 17.2 Å². The molecule has 0 saturated heterocycles. The van der Waals surface area contributed by atoms with Gasteiger partial charge in [0.25, 0.3) is 0 Å². The molecule has 0 amide bonds. The lowest BCUT2D eigenvalue weighted by molar-refractivity contribution is 0.145. The summed E-state index contributed by atoms with van der Waals surface area (Å²) in [5.41, 5.74) is 1.45. The van der Waals surface area contributed by atoms with Crippen LogP contribution in [0.3, 0.4) is 0 Å². The zero-order chi connectivity index (χ0) is 14.0. The summed E-state index contributed by atoms with van der Waals surface area (Å²) in [6, 6.07) is 7.67. The maximum atomic E-state index is 13.3. The summed E-state index contributed by atoms with van der Waals surface area (Å²) in [7, 11) is 0. The van der Waals surface area contributed by atoms with Crippen molar-refractivity contribution < 1.29 is 4.39 Å². The van der Waals surface area contributed by atoms with E-state index in [1.165, 1.54) is 25.3 Å². The quantitative estimate of drug-likeness (QED) is 0.834. The van der Waals surface area contributed by atoms with E-state index in [4.69, 9.17) is 0 Å². The van der Waals surface area contributed by atoms with Crippen molar-refractivity contribution in [2.75, 3.05) is 0 Å². The molecule has 1 nitrogen and oxygen atoms in total. The van der Waals surface area contributed by atoms with Crippen molar-refractivity contribution >= 4 is 0 Å². The van der Waals surface area contributed by atoms with Gasteiger partial charge in [0.2, 0.25) is 0 Å². The molecular weight excluding hydrogens is 237 g/mol. The van der Waals surface area contributed by atoms with E-state index < -0.39 is 0 Å². The van der Waals surface area contributed by atoms with Crippen LogP contribution in [0.2, 0.25) is 0 Å². The fraction of sp³-hybridized carbons (Fsp3) is 0.647. The van der Waals surface area contributed by atoms with Crippen molar-refractivity contribution in [3.63, 3.8) is 0 Å². The average Bonchev–Trinajstić information content (AvgIpc) is 2.25. The molecule has 1 saturated carbocycles. The van der Waals surface area contributed by atoms with Crippen molar-refractivity contribution in [3.8, 4) is 0 Å². The molecule has 19 heavy (non-hydrogen) atoms. The molecule has 2 rings (SSSR count). The topological polar surface area (TPSA) is 12.0 Å². The van der Waals surface area contributed by atoms with Crippen LogP contribution in [0.4, 0.5) is 4.39 Å². The lowest BCUT2D eigenvalue weighted by Gasteiger charge is -2.40. The van der Waals surface area contributed by atoms with Crippen molar-refractivity contribution in [2.24, 2.45) is 11.3 Å². The van der Waals surface area contributed by atoms with E-state index in [0.717, 1.165) is 11.5 Å². The lowest BCUT2D eigenvalue weighted by Crippen LogP contribution is -2.41. The highest BCUT2D eigenvalue weighted by Crippen LogP contribution is 2.39. The Kier molecular flexibility index (Phi) is 4.29. The van der Waals surface area contributed by atoms with Crippen molar-refractivity contribution in [1.82, 2.24) is 5.32 Å². The molecule has 2 heteroatoms. The van der Waals surface area contributed by atoms with Gasteiger partial charge in [-0.1, -0.05) is 32.9 Å². The van der Waals surface area contributed by atoms with Gasteiger partial charge in [0.1, 0.15) is 5.82 Å². The van der Waals surface area contributed by atoms with Crippen molar-refractivity contribution in [2.45, 2.75) is 59.0 Å². The largest absolute Gasteiger partial charge is 0.307 e. The maximum absolute atomic E-state index is 13.3. The fourth-order valence-electron chi connectivity index (χ4n) is 3.70. The number of nitrogens with one attached hydrogen (secondary N) is 1. The van der Waals surface area contributed by atoms with Crippen LogP contribution < -0.4 is 5.32 Å². The summed E-state index contributed by atoms with van der Waals surface area (Å²) < 4.78 is 13.3. The van der Waals surface area contributed by atoms with Crippen LogP contribution in [-0.2, 0) is 0 Å². The van der Waals surface area contributed by atoms with Crippen molar-refractivity contribution in [3.05, 3.63) is 35.6 Å². The minimum absolute atomic E-state index is 0.150. The molecule has 2 unspecified atom stereocenters. The lowest BCUT2D eigenvalue weighted by atomic mass is 9.70. The van der Waals surface area contributed by atoms with Gasteiger partial charge in [-0.15, -0.1) is 0 Å². The Morgan fingerprint density at radius 1 is 1.32 bits per heavy atom. The van der Waals surface area contributed by atoms with Crippen LogP contribution >= 0.6 is 0 Å². The second-order valence-electron chi connectivity index (χ2n) is 7.05. The summed E-state index contributed by atoms with van der Waals surface area (Å²) in [4.78, 5) is 0. The molecule has 0 aliphatic heterocycles. The summed E-state index contributed by atoms with van der Waals surface area (Å²) in [5.74, 6) is 0.615. The van der Waals surface area contributed by atoms with Gasteiger partial charge < -0.3 is 5.32 Å². The summed E-state index contributed by atoms with van der Waals surface area (Å²) >= 11 is 0. The predicted octanol–water partition coefficient (Wildman–Crippen LogP) is 4.69. The Labute approximate surface area is 116 Å². The van der Waals surface area contributed by atoms with E-state index in [-0.39, 0.29) is 11.9 Å². The molecule has 1 aliphatic rings. The monoisotopic (exact) mass is 263 g/mol. The maximum Gasteiger partial charge on any atom is 0.123 e. The highest BCUT2D eigenvalue weighted by Gasteiger charge is 2.32. The zero-order valence-electron chi connectivity index (χ0n) is 12.5. The number of benzene rings is 1. The molecule has 1 aromatic rings. The third-order valence-corrected chi connectivity index (χ3v) is 4.22. The van der Waals surface area contributed by atoms with Gasteiger partial charge in [0, 0.05) is 12.1 Å². The van der Waals surface area contributed by atoms with Gasteiger partial charge in [-0.2, -0.15) is 0 Å². The normalized spacial score (nSPS) is 28.1. The van der Waals surface area contributed by atoms with E-state index >= 15 is 0 Å². The zero-order valence-corrected chi connectivity index (χ0v) is 12.5. The Bertz CT molecular complexity index is 427. The van der Waals surface area contributed by atoms with Crippen LogP contribution in [-0.4, -0.2) is 6.04 Å². The third-order valence-electron chi connectivity index (χ3n) is 4.22. The van der Waals surface area contributed by atoms with E-state index in [9.17, 15) is 4.39 Å². The molecule has 0 spiro atoms. The summed E-state index contributed by atoms with van der Waals surface area (Å²) in [6.45, 7) is 9.16. The van der Waals surface area contributed by atoms with Crippen LogP contribution in [0.25, 0.3) is 0 Å². The van der Waals surface area contributed by atoms with Crippen molar-refractivity contribution in [1.29, 1.82) is 0 Å². The Balaban J connectivity index is 2.00. The molecular formula is C17H26FN. The van der Waals surface area contributed by atoms with Gasteiger partial charge >= 0.3 is 0 Å². The third kappa shape index (κ3) is 4.04. The van der Waals surface area contributed by atoms with Crippen LogP contribution in [0.5, 0.6) is 0 Å². The minimum Gasteiger partial charge on any atom is -0.307 e. The Hall–Kier alpha value is -0.890. The first-order valence-corrected chi connectivity index (χ1v) is 7.37. The number of hydrogen-bond donors (Lipinski definition) is 1. The molecule has 0 aromatic heterocycles. The van der Waals surface area contributed by atoms with Gasteiger partial charge in [0.15, 0.2) is 0 Å². The predicted molar refractivity (Wildman–Crippen MR) is 78.5 cm³/mol. The summed E-state index contributed by atoms with van der Waals surface area (Å²) in [5, 5.41) is 3.68. The second kappa shape index (κ2) is 5.62.